The normalized spacial score (nSPS) is 11.6. The van der Waals surface area contributed by atoms with Crippen molar-refractivity contribution >= 4 is 41.0 Å². The zero-order valence-corrected chi connectivity index (χ0v) is 22.5. The van der Waals surface area contributed by atoms with E-state index >= 15 is 0 Å². The van der Waals surface area contributed by atoms with E-state index in [1.54, 1.807) is 19.2 Å². The number of nitrogens with one attached hydrogen (secondary N) is 1. The summed E-state index contributed by atoms with van der Waals surface area (Å²) in [6.45, 7) is 5.01. The van der Waals surface area contributed by atoms with Gasteiger partial charge in [-0.15, -0.1) is 0 Å². The van der Waals surface area contributed by atoms with Crippen molar-refractivity contribution in [2.75, 3.05) is 13.7 Å². The molecule has 1 atom stereocenters. The van der Waals surface area contributed by atoms with E-state index < -0.39 is 23.9 Å². The molecule has 0 saturated carbocycles. The van der Waals surface area contributed by atoms with E-state index in [0.29, 0.717) is 24.5 Å². The topological polar surface area (TPSA) is 122 Å². The molecule has 0 bridgehead atoms. The fourth-order valence-corrected chi connectivity index (χ4v) is 4.71. The van der Waals surface area contributed by atoms with Gasteiger partial charge in [0.05, 0.1) is 34.9 Å². The molecule has 0 saturated heterocycles. The lowest BCUT2D eigenvalue weighted by atomic mass is 9.95. The molecule has 38 heavy (non-hydrogen) atoms. The monoisotopic (exact) mass is 559 g/mol. The summed E-state index contributed by atoms with van der Waals surface area (Å²) in [6, 6.07) is 12.1. The number of ether oxygens (including phenoxy) is 2. The molecule has 10 heteroatoms. The predicted octanol–water partition coefficient (Wildman–Crippen LogP) is 5.64. The standard InChI is InChI=1S/C28H27Cl2NO7/c1-4-38-14-17-9-15(2)24(23(11-17)37-3)18-7-5-16(6-8-18)10-22(28(35)36)31-26(32)25-20(29)12-19(27(33)34)13-21(25)30/h5-9,11-13,22H,4,10,14H2,1-3H3,(H,31,32)(H,33,34)(H,35,36)/t22-/m0/s1. The van der Waals surface area contributed by atoms with Gasteiger partial charge in [0, 0.05) is 18.6 Å². The molecular weight excluding hydrogens is 533 g/mol. The summed E-state index contributed by atoms with van der Waals surface area (Å²) in [5, 5.41) is 20.9. The van der Waals surface area contributed by atoms with Crippen LogP contribution in [0.2, 0.25) is 10.0 Å². The molecule has 0 unspecified atom stereocenters. The Labute approximate surface area is 230 Å². The minimum atomic E-state index is -1.28. The van der Waals surface area contributed by atoms with Crippen molar-refractivity contribution in [3.8, 4) is 16.9 Å². The quantitative estimate of drug-likeness (QED) is 0.278. The highest BCUT2D eigenvalue weighted by Gasteiger charge is 2.25. The Morgan fingerprint density at radius 2 is 1.61 bits per heavy atom. The van der Waals surface area contributed by atoms with Crippen LogP contribution in [0.15, 0.2) is 48.5 Å². The second-order valence-corrected chi connectivity index (χ2v) is 9.33. The van der Waals surface area contributed by atoms with Gasteiger partial charge >= 0.3 is 11.9 Å². The number of halogens is 2. The lowest BCUT2D eigenvalue weighted by Crippen LogP contribution is -2.42. The smallest absolute Gasteiger partial charge is 0.335 e. The Balaban J connectivity index is 1.81. The van der Waals surface area contributed by atoms with Gasteiger partial charge in [0.15, 0.2) is 0 Å². The summed E-state index contributed by atoms with van der Waals surface area (Å²) >= 11 is 12.1. The Morgan fingerprint density at radius 1 is 0.974 bits per heavy atom. The number of benzene rings is 3. The Morgan fingerprint density at radius 3 is 2.13 bits per heavy atom. The van der Waals surface area contributed by atoms with E-state index in [1.165, 1.54) is 0 Å². The first-order chi connectivity index (χ1) is 18.0. The number of hydrogen-bond donors (Lipinski definition) is 3. The molecule has 0 aromatic heterocycles. The lowest BCUT2D eigenvalue weighted by Gasteiger charge is -2.17. The van der Waals surface area contributed by atoms with Gasteiger partial charge in [-0.05, 0) is 54.3 Å². The summed E-state index contributed by atoms with van der Waals surface area (Å²) in [5.41, 5.74) is 4.09. The number of carboxylic acid groups (broad SMARTS) is 2. The fraction of sp³-hybridized carbons (Fsp3) is 0.250. The first kappa shape index (κ1) is 29.0. The number of aryl methyl sites for hydroxylation is 1. The van der Waals surface area contributed by atoms with Crippen LogP contribution in [0.4, 0.5) is 0 Å². The average molecular weight is 560 g/mol. The molecular formula is C28H27Cl2NO7. The molecule has 3 rings (SSSR count). The second-order valence-electron chi connectivity index (χ2n) is 8.51. The maximum atomic E-state index is 12.8. The van der Waals surface area contributed by atoms with Crippen LogP contribution in [0.25, 0.3) is 11.1 Å². The fourth-order valence-electron chi connectivity index (χ4n) is 4.05. The Hall–Kier alpha value is -3.59. The van der Waals surface area contributed by atoms with Crippen molar-refractivity contribution < 1.29 is 34.1 Å². The van der Waals surface area contributed by atoms with E-state index in [1.807, 2.05) is 38.1 Å². The highest BCUT2D eigenvalue weighted by atomic mass is 35.5. The third-order valence-electron chi connectivity index (χ3n) is 5.85. The zero-order chi connectivity index (χ0) is 28.0. The Kier molecular flexibility index (Phi) is 9.74. The van der Waals surface area contributed by atoms with E-state index in [4.69, 9.17) is 37.8 Å². The zero-order valence-electron chi connectivity index (χ0n) is 21.0. The van der Waals surface area contributed by atoms with Gasteiger partial charge in [-0.3, -0.25) is 4.79 Å². The molecule has 0 aliphatic rings. The van der Waals surface area contributed by atoms with Crippen molar-refractivity contribution in [1.82, 2.24) is 5.32 Å². The number of carboxylic acids is 2. The van der Waals surface area contributed by atoms with Gasteiger partial charge in [-0.25, -0.2) is 9.59 Å². The number of rotatable bonds is 11. The summed E-state index contributed by atoms with van der Waals surface area (Å²) < 4.78 is 11.1. The molecule has 0 fully saturated rings. The second kappa shape index (κ2) is 12.8. The number of carbonyl (C=O) groups excluding carboxylic acids is 1. The van der Waals surface area contributed by atoms with Gasteiger partial charge in [0.1, 0.15) is 11.8 Å². The van der Waals surface area contributed by atoms with Crippen LogP contribution in [0.5, 0.6) is 5.75 Å². The first-order valence-electron chi connectivity index (χ1n) is 11.7. The molecule has 200 valence electrons. The minimum Gasteiger partial charge on any atom is -0.496 e. The van der Waals surface area contributed by atoms with Gasteiger partial charge in [0.2, 0.25) is 0 Å². The first-order valence-corrected chi connectivity index (χ1v) is 12.4. The van der Waals surface area contributed by atoms with Crippen molar-refractivity contribution in [3.05, 3.63) is 86.4 Å². The number of amides is 1. The van der Waals surface area contributed by atoms with E-state index in [-0.39, 0.29) is 27.6 Å². The third-order valence-corrected chi connectivity index (χ3v) is 6.45. The number of methoxy groups -OCH3 is 1. The number of aliphatic carboxylic acids is 1. The largest absolute Gasteiger partial charge is 0.496 e. The SMILES string of the molecule is CCOCc1cc(C)c(-c2ccc(C[C@H](NC(=O)c3c(Cl)cc(C(=O)O)cc3Cl)C(=O)O)cc2)c(OC)c1. The maximum absolute atomic E-state index is 12.8. The van der Waals surface area contributed by atoms with Crippen molar-refractivity contribution in [1.29, 1.82) is 0 Å². The molecule has 3 aromatic carbocycles. The van der Waals surface area contributed by atoms with Crippen molar-refractivity contribution in [2.45, 2.75) is 32.9 Å². The van der Waals surface area contributed by atoms with Gasteiger partial charge in [0.25, 0.3) is 5.91 Å². The molecule has 3 aromatic rings. The van der Waals surface area contributed by atoms with Crippen LogP contribution >= 0.6 is 23.2 Å². The number of carbonyl (C=O) groups is 3. The van der Waals surface area contributed by atoms with Gasteiger partial charge in [-0.1, -0.05) is 53.5 Å². The summed E-state index contributed by atoms with van der Waals surface area (Å²) in [5.74, 6) is -2.64. The summed E-state index contributed by atoms with van der Waals surface area (Å²) in [7, 11) is 1.60. The highest BCUT2D eigenvalue weighted by Crippen LogP contribution is 2.35. The van der Waals surface area contributed by atoms with Crippen molar-refractivity contribution in [3.63, 3.8) is 0 Å². The molecule has 3 N–H and O–H groups in total. The van der Waals surface area contributed by atoms with Gasteiger partial charge < -0.3 is 25.0 Å². The average Bonchev–Trinajstić information content (AvgIpc) is 2.86. The highest BCUT2D eigenvalue weighted by molar-refractivity contribution is 6.40. The summed E-state index contributed by atoms with van der Waals surface area (Å²) in [6.07, 6.45) is -0.00673. The molecule has 1 amide bonds. The number of hydrogen-bond acceptors (Lipinski definition) is 5. The van der Waals surface area contributed by atoms with Gasteiger partial charge in [-0.2, -0.15) is 0 Å². The van der Waals surface area contributed by atoms with E-state index in [9.17, 15) is 19.5 Å². The maximum Gasteiger partial charge on any atom is 0.335 e. The van der Waals surface area contributed by atoms with Crippen molar-refractivity contribution in [2.24, 2.45) is 0 Å². The Bertz CT molecular complexity index is 1330. The van der Waals surface area contributed by atoms with E-state index in [0.717, 1.165) is 34.4 Å². The van der Waals surface area contributed by atoms with Crippen LogP contribution in [-0.4, -0.2) is 47.8 Å². The molecule has 0 heterocycles. The minimum absolute atomic E-state index is 0.00673. The van der Waals surface area contributed by atoms with Crippen LogP contribution in [0.1, 0.15) is 44.3 Å². The lowest BCUT2D eigenvalue weighted by molar-refractivity contribution is -0.139. The molecule has 0 aliphatic carbocycles. The predicted molar refractivity (Wildman–Crippen MR) is 145 cm³/mol. The molecule has 0 aliphatic heterocycles. The molecule has 0 spiro atoms. The molecule has 0 radical (unpaired) electrons. The number of aromatic carboxylic acids is 1. The molecule has 8 nitrogen and oxygen atoms in total. The van der Waals surface area contributed by atoms with Crippen LogP contribution in [0.3, 0.4) is 0 Å². The third kappa shape index (κ3) is 6.83. The van der Waals surface area contributed by atoms with Crippen LogP contribution in [-0.2, 0) is 22.6 Å². The van der Waals surface area contributed by atoms with E-state index in [2.05, 4.69) is 5.32 Å². The van der Waals surface area contributed by atoms with Crippen LogP contribution < -0.4 is 10.1 Å². The van der Waals surface area contributed by atoms with Crippen LogP contribution in [0, 0.1) is 6.92 Å². The summed E-state index contributed by atoms with van der Waals surface area (Å²) in [4.78, 5) is 35.9.